The number of carbonyl (C=O) groups excluding carboxylic acids is 3. The molecule has 1 aromatic heterocycles. The molecule has 1 aromatic rings. The lowest BCUT2D eigenvalue weighted by atomic mass is 9.95. The third-order valence-electron chi connectivity index (χ3n) is 5.01. The molecule has 26 heavy (non-hydrogen) atoms. The van der Waals surface area contributed by atoms with Gasteiger partial charge in [0, 0.05) is 18.8 Å². The Morgan fingerprint density at radius 2 is 1.88 bits per heavy atom. The minimum absolute atomic E-state index is 0.0879. The van der Waals surface area contributed by atoms with E-state index in [2.05, 4.69) is 21.0 Å². The van der Waals surface area contributed by atoms with Crippen molar-refractivity contribution in [2.24, 2.45) is 0 Å². The van der Waals surface area contributed by atoms with Crippen LogP contribution >= 0.6 is 0 Å². The molecule has 1 saturated heterocycles. The molecule has 0 bridgehead atoms. The second-order valence-electron chi connectivity index (χ2n) is 7.14. The summed E-state index contributed by atoms with van der Waals surface area (Å²) in [6.45, 7) is 0.743. The van der Waals surface area contributed by atoms with Crippen LogP contribution in [0.5, 0.6) is 0 Å². The first-order valence-corrected chi connectivity index (χ1v) is 9.52. The number of aromatic nitrogens is 2. The van der Waals surface area contributed by atoms with E-state index in [1.165, 1.54) is 17.3 Å². The van der Waals surface area contributed by atoms with E-state index in [9.17, 15) is 14.4 Å². The number of hydrogen-bond donors (Lipinski definition) is 3. The van der Waals surface area contributed by atoms with Crippen molar-refractivity contribution < 1.29 is 14.4 Å². The van der Waals surface area contributed by atoms with E-state index in [1.54, 1.807) is 6.20 Å². The Morgan fingerprint density at radius 1 is 1.12 bits per heavy atom. The molecule has 1 saturated carbocycles. The summed E-state index contributed by atoms with van der Waals surface area (Å²) in [5, 5.41) is 12.7. The lowest BCUT2D eigenvalue weighted by molar-refractivity contribution is -0.123. The zero-order chi connectivity index (χ0) is 18.4. The number of nitrogens with zero attached hydrogens (tertiary/aromatic N) is 2. The first kappa shape index (κ1) is 18.4. The van der Waals surface area contributed by atoms with E-state index in [0.717, 1.165) is 38.5 Å². The number of rotatable bonds is 5. The number of hydrogen-bond acceptors (Lipinski definition) is 4. The van der Waals surface area contributed by atoms with Crippen LogP contribution in [0.4, 0.5) is 0 Å². The SMILES string of the molecule is O=C(Cn1cc(C(=O)NC2CCCCNC2=O)cn1)NC1CCCCC1. The van der Waals surface area contributed by atoms with Crippen molar-refractivity contribution in [3.63, 3.8) is 0 Å². The number of carbonyl (C=O) groups is 3. The van der Waals surface area contributed by atoms with Crippen LogP contribution in [0, 0.1) is 0 Å². The summed E-state index contributed by atoms with van der Waals surface area (Å²) in [5.74, 6) is -0.573. The Kier molecular flexibility index (Phi) is 6.25. The van der Waals surface area contributed by atoms with Crippen LogP contribution in [0.1, 0.15) is 61.7 Å². The topological polar surface area (TPSA) is 105 Å². The molecule has 3 N–H and O–H groups in total. The fraction of sp³-hybridized carbons (Fsp3) is 0.667. The van der Waals surface area contributed by atoms with Crippen molar-refractivity contribution in [2.75, 3.05) is 6.54 Å². The van der Waals surface area contributed by atoms with Crippen LogP contribution in [0.3, 0.4) is 0 Å². The number of nitrogens with one attached hydrogen (secondary N) is 3. The molecule has 2 aliphatic rings. The van der Waals surface area contributed by atoms with Crippen LogP contribution in [-0.2, 0) is 16.1 Å². The van der Waals surface area contributed by atoms with Crippen molar-refractivity contribution >= 4 is 17.7 Å². The van der Waals surface area contributed by atoms with Crippen molar-refractivity contribution in [3.8, 4) is 0 Å². The maximum absolute atomic E-state index is 12.3. The maximum atomic E-state index is 12.3. The quantitative estimate of drug-likeness (QED) is 0.719. The molecule has 3 rings (SSSR count). The molecule has 1 atom stereocenters. The summed E-state index contributed by atoms with van der Waals surface area (Å²) < 4.78 is 1.46. The second-order valence-corrected chi connectivity index (χ2v) is 7.14. The van der Waals surface area contributed by atoms with Gasteiger partial charge < -0.3 is 16.0 Å². The minimum Gasteiger partial charge on any atom is -0.354 e. The van der Waals surface area contributed by atoms with Gasteiger partial charge in [-0.1, -0.05) is 19.3 Å². The van der Waals surface area contributed by atoms with E-state index in [4.69, 9.17) is 0 Å². The Labute approximate surface area is 153 Å². The van der Waals surface area contributed by atoms with Crippen molar-refractivity contribution in [1.82, 2.24) is 25.7 Å². The van der Waals surface area contributed by atoms with Gasteiger partial charge in [-0.05, 0) is 32.1 Å². The third kappa shape index (κ3) is 5.06. The maximum Gasteiger partial charge on any atom is 0.255 e. The summed E-state index contributed by atoms with van der Waals surface area (Å²) in [4.78, 5) is 36.4. The first-order valence-electron chi connectivity index (χ1n) is 9.52. The minimum atomic E-state index is -0.511. The fourth-order valence-electron chi connectivity index (χ4n) is 3.55. The van der Waals surface area contributed by atoms with Gasteiger partial charge in [0.1, 0.15) is 12.6 Å². The summed E-state index contributed by atoms with van der Waals surface area (Å²) >= 11 is 0. The molecule has 8 nitrogen and oxygen atoms in total. The molecular weight excluding hydrogens is 334 g/mol. The van der Waals surface area contributed by atoms with Crippen molar-refractivity contribution in [3.05, 3.63) is 18.0 Å². The van der Waals surface area contributed by atoms with Crippen LogP contribution in [0.15, 0.2) is 12.4 Å². The molecule has 3 amide bonds. The average molecular weight is 361 g/mol. The van der Waals surface area contributed by atoms with Crippen LogP contribution in [-0.4, -0.2) is 46.1 Å². The Morgan fingerprint density at radius 3 is 2.69 bits per heavy atom. The van der Waals surface area contributed by atoms with Gasteiger partial charge in [-0.3, -0.25) is 19.1 Å². The largest absolute Gasteiger partial charge is 0.354 e. The highest BCUT2D eigenvalue weighted by Crippen LogP contribution is 2.17. The molecule has 1 aliphatic heterocycles. The molecule has 0 radical (unpaired) electrons. The van der Waals surface area contributed by atoms with Gasteiger partial charge in [0.25, 0.3) is 5.91 Å². The molecule has 8 heteroatoms. The Bertz CT molecular complexity index is 651. The van der Waals surface area contributed by atoms with Crippen LogP contribution in [0.2, 0.25) is 0 Å². The second kappa shape index (κ2) is 8.82. The predicted molar refractivity (Wildman–Crippen MR) is 95.4 cm³/mol. The van der Waals surface area contributed by atoms with Gasteiger partial charge in [0.15, 0.2) is 0 Å². The van der Waals surface area contributed by atoms with Gasteiger partial charge in [0.05, 0.1) is 11.8 Å². The van der Waals surface area contributed by atoms with E-state index in [0.29, 0.717) is 18.5 Å². The molecular formula is C18H27N5O3. The molecule has 142 valence electrons. The molecule has 0 spiro atoms. The van der Waals surface area contributed by atoms with Crippen molar-refractivity contribution in [2.45, 2.75) is 70.0 Å². The number of amides is 3. The normalized spacial score (nSPS) is 21.5. The zero-order valence-electron chi connectivity index (χ0n) is 15.0. The molecule has 1 unspecified atom stereocenters. The average Bonchev–Trinajstić information content (AvgIpc) is 3.00. The summed E-state index contributed by atoms with van der Waals surface area (Å²) in [7, 11) is 0. The molecule has 0 aromatic carbocycles. The van der Waals surface area contributed by atoms with Crippen LogP contribution in [0.25, 0.3) is 0 Å². The standard InChI is InChI=1S/C18H27N5O3/c24-16(21-14-6-2-1-3-7-14)12-23-11-13(10-20-23)17(25)22-15-8-4-5-9-19-18(15)26/h10-11,14-15H,1-9,12H2,(H,19,26)(H,21,24)(H,22,25). The van der Waals surface area contributed by atoms with E-state index >= 15 is 0 Å². The smallest absolute Gasteiger partial charge is 0.255 e. The van der Waals surface area contributed by atoms with E-state index < -0.39 is 6.04 Å². The zero-order valence-corrected chi connectivity index (χ0v) is 15.0. The summed E-state index contributed by atoms with van der Waals surface area (Å²) in [5.41, 5.74) is 0.354. The van der Waals surface area contributed by atoms with Gasteiger partial charge in [0.2, 0.25) is 11.8 Å². The Balaban J connectivity index is 1.50. The van der Waals surface area contributed by atoms with Crippen LogP contribution < -0.4 is 16.0 Å². The van der Waals surface area contributed by atoms with E-state index in [-0.39, 0.29) is 30.3 Å². The molecule has 1 aliphatic carbocycles. The fourth-order valence-corrected chi connectivity index (χ4v) is 3.55. The van der Waals surface area contributed by atoms with E-state index in [1.807, 2.05) is 0 Å². The lowest BCUT2D eigenvalue weighted by Crippen LogP contribution is -2.45. The highest BCUT2D eigenvalue weighted by molar-refractivity contribution is 5.97. The predicted octanol–water partition coefficient (Wildman–Crippen LogP) is 0.730. The summed E-state index contributed by atoms with van der Waals surface area (Å²) in [6, 6.07) is -0.258. The Hall–Kier alpha value is -2.38. The van der Waals surface area contributed by atoms with Gasteiger partial charge in [-0.2, -0.15) is 5.10 Å². The van der Waals surface area contributed by atoms with Gasteiger partial charge in [-0.25, -0.2) is 0 Å². The monoisotopic (exact) mass is 361 g/mol. The molecule has 2 heterocycles. The highest BCUT2D eigenvalue weighted by Gasteiger charge is 2.23. The molecule has 2 fully saturated rings. The third-order valence-corrected chi connectivity index (χ3v) is 5.01. The van der Waals surface area contributed by atoms with Gasteiger partial charge in [-0.15, -0.1) is 0 Å². The van der Waals surface area contributed by atoms with Gasteiger partial charge >= 0.3 is 0 Å². The lowest BCUT2D eigenvalue weighted by Gasteiger charge is -2.22. The van der Waals surface area contributed by atoms with Crippen molar-refractivity contribution in [1.29, 1.82) is 0 Å². The summed E-state index contributed by atoms with van der Waals surface area (Å²) in [6.07, 6.45) is 11.0. The first-order chi connectivity index (χ1) is 12.6. The highest BCUT2D eigenvalue weighted by atomic mass is 16.2.